The number of carbonyl (C=O) groups is 2. The van der Waals surface area contributed by atoms with Crippen molar-refractivity contribution in [3.8, 4) is 0 Å². The van der Waals surface area contributed by atoms with Crippen LogP contribution in [0.4, 0.5) is 14.5 Å². The third kappa shape index (κ3) is 5.54. The van der Waals surface area contributed by atoms with Gasteiger partial charge >= 0.3 is 0 Å². The number of carbonyl (C=O) groups excluding carboxylic acids is 2. The molecule has 2 rings (SSSR count). The molecule has 5 nitrogen and oxygen atoms in total. The lowest BCUT2D eigenvalue weighted by Gasteiger charge is -2.06. The number of amides is 2. The van der Waals surface area contributed by atoms with Crippen molar-refractivity contribution in [2.24, 2.45) is 5.10 Å². The van der Waals surface area contributed by atoms with E-state index in [-0.39, 0.29) is 24.4 Å². The number of nitrogens with one attached hydrogen (secondary N) is 2. The van der Waals surface area contributed by atoms with Gasteiger partial charge in [-0.3, -0.25) is 9.59 Å². The van der Waals surface area contributed by atoms with Gasteiger partial charge in [-0.05, 0) is 30.5 Å². The molecule has 126 valence electrons. The van der Waals surface area contributed by atoms with Crippen LogP contribution >= 0.6 is 11.3 Å². The maximum Gasteiger partial charge on any atom is 0.245 e. The molecule has 0 radical (unpaired) electrons. The molecule has 0 atom stereocenters. The number of halogens is 2. The van der Waals surface area contributed by atoms with Gasteiger partial charge in [0.15, 0.2) is 0 Å². The molecule has 2 aromatic rings. The molecule has 0 aliphatic carbocycles. The highest BCUT2D eigenvalue weighted by Gasteiger charge is 2.10. The Labute approximate surface area is 141 Å². The van der Waals surface area contributed by atoms with Gasteiger partial charge in [0.1, 0.15) is 11.6 Å². The summed E-state index contributed by atoms with van der Waals surface area (Å²) < 4.78 is 26.2. The van der Waals surface area contributed by atoms with Crippen molar-refractivity contribution in [3.63, 3.8) is 0 Å². The summed E-state index contributed by atoms with van der Waals surface area (Å²) in [6, 6.07) is 6.55. The van der Waals surface area contributed by atoms with Gasteiger partial charge in [-0.2, -0.15) is 5.10 Å². The second-order valence-electron chi connectivity index (χ2n) is 4.99. The quantitative estimate of drug-likeness (QED) is 0.620. The Morgan fingerprint density at radius 1 is 1.21 bits per heavy atom. The fourth-order valence-corrected chi connectivity index (χ4v) is 2.53. The first-order valence-electron chi connectivity index (χ1n) is 7.03. The first-order valence-corrected chi connectivity index (χ1v) is 7.91. The summed E-state index contributed by atoms with van der Waals surface area (Å²) in [5, 5.41) is 8.02. The minimum Gasteiger partial charge on any atom is -0.323 e. The molecular formula is C16H15F2N3O2S. The molecule has 24 heavy (non-hydrogen) atoms. The molecule has 1 aromatic carbocycles. The average Bonchev–Trinajstić information content (AvgIpc) is 3.01. The van der Waals surface area contributed by atoms with Gasteiger partial charge in [0.2, 0.25) is 11.8 Å². The summed E-state index contributed by atoms with van der Waals surface area (Å²) in [7, 11) is 0. The van der Waals surface area contributed by atoms with Crippen molar-refractivity contribution < 1.29 is 18.4 Å². The standard InChI is InChI=1S/C16H15F2N3O2S/c1-10(20-21-16(23)9-12-3-2-6-24-12)7-15(22)19-14-5-4-11(17)8-13(14)18/h2-6,8H,7,9H2,1H3,(H,19,22)(H,21,23)/b20-10-. The lowest BCUT2D eigenvalue weighted by Crippen LogP contribution is -2.22. The van der Waals surface area contributed by atoms with E-state index in [9.17, 15) is 18.4 Å². The first-order chi connectivity index (χ1) is 11.4. The van der Waals surface area contributed by atoms with Crippen molar-refractivity contribution in [1.29, 1.82) is 0 Å². The topological polar surface area (TPSA) is 70.6 Å². The molecule has 0 aliphatic heterocycles. The molecule has 0 fully saturated rings. The minimum atomic E-state index is -0.859. The molecule has 2 N–H and O–H groups in total. The molecular weight excluding hydrogens is 336 g/mol. The smallest absolute Gasteiger partial charge is 0.245 e. The lowest BCUT2D eigenvalue weighted by molar-refractivity contribution is -0.120. The van der Waals surface area contributed by atoms with E-state index in [1.54, 1.807) is 6.92 Å². The van der Waals surface area contributed by atoms with Gasteiger partial charge in [0, 0.05) is 16.7 Å². The summed E-state index contributed by atoms with van der Waals surface area (Å²) in [5.74, 6) is -2.39. The zero-order valence-corrected chi connectivity index (χ0v) is 13.6. The Hall–Kier alpha value is -2.61. The van der Waals surface area contributed by atoms with Gasteiger partial charge in [0.25, 0.3) is 0 Å². The molecule has 1 aromatic heterocycles. The number of nitrogens with zero attached hydrogens (tertiary/aromatic N) is 1. The molecule has 0 spiro atoms. The number of anilines is 1. The second-order valence-corrected chi connectivity index (χ2v) is 6.02. The number of hydrogen-bond acceptors (Lipinski definition) is 4. The van der Waals surface area contributed by atoms with Crippen LogP contribution in [0.2, 0.25) is 0 Å². The van der Waals surface area contributed by atoms with Gasteiger partial charge in [-0.1, -0.05) is 6.07 Å². The fourth-order valence-electron chi connectivity index (χ4n) is 1.83. The molecule has 0 saturated carbocycles. The van der Waals surface area contributed by atoms with Crippen LogP contribution in [0.15, 0.2) is 40.8 Å². The van der Waals surface area contributed by atoms with Crippen molar-refractivity contribution in [2.75, 3.05) is 5.32 Å². The van der Waals surface area contributed by atoms with E-state index in [0.29, 0.717) is 11.8 Å². The largest absolute Gasteiger partial charge is 0.323 e. The van der Waals surface area contributed by atoms with E-state index in [0.717, 1.165) is 17.0 Å². The van der Waals surface area contributed by atoms with Crippen molar-refractivity contribution in [2.45, 2.75) is 19.8 Å². The summed E-state index contributed by atoms with van der Waals surface area (Å²) >= 11 is 1.46. The summed E-state index contributed by atoms with van der Waals surface area (Å²) in [4.78, 5) is 24.4. The van der Waals surface area contributed by atoms with Crippen LogP contribution in [-0.4, -0.2) is 17.5 Å². The van der Waals surface area contributed by atoms with E-state index >= 15 is 0 Å². The maximum absolute atomic E-state index is 13.4. The highest BCUT2D eigenvalue weighted by atomic mass is 32.1. The van der Waals surface area contributed by atoms with Gasteiger partial charge in [0.05, 0.1) is 18.5 Å². The highest BCUT2D eigenvalue weighted by Crippen LogP contribution is 2.15. The van der Waals surface area contributed by atoms with E-state index in [1.807, 2.05) is 17.5 Å². The Morgan fingerprint density at radius 3 is 2.67 bits per heavy atom. The van der Waals surface area contributed by atoms with Crippen molar-refractivity contribution in [3.05, 3.63) is 52.2 Å². The zero-order chi connectivity index (χ0) is 17.5. The van der Waals surface area contributed by atoms with Crippen LogP contribution in [0.1, 0.15) is 18.2 Å². The van der Waals surface area contributed by atoms with Crippen LogP contribution in [0.25, 0.3) is 0 Å². The monoisotopic (exact) mass is 351 g/mol. The SMILES string of the molecule is C/C(CC(=O)Nc1ccc(F)cc1F)=N/NC(=O)Cc1cccs1. The normalized spacial score (nSPS) is 11.2. The summed E-state index contributed by atoms with van der Waals surface area (Å²) in [6.07, 6.45) is 0.0809. The first kappa shape index (κ1) is 17.7. The van der Waals surface area contributed by atoms with Gasteiger partial charge in [-0.15, -0.1) is 11.3 Å². The minimum absolute atomic E-state index is 0.115. The molecule has 8 heteroatoms. The molecule has 2 amide bonds. The van der Waals surface area contributed by atoms with E-state index in [1.165, 1.54) is 11.3 Å². The Bertz CT molecular complexity index is 761. The summed E-state index contributed by atoms with van der Waals surface area (Å²) in [6.45, 7) is 1.56. The maximum atomic E-state index is 13.4. The number of benzene rings is 1. The van der Waals surface area contributed by atoms with Crippen LogP contribution in [0, 0.1) is 11.6 Å². The Kier molecular flexibility index (Phi) is 6.14. The molecule has 0 aliphatic rings. The Balaban J connectivity index is 1.83. The van der Waals surface area contributed by atoms with Crippen molar-refractivity contribution in [1.82, 2.24) is 5.43 Å². The number of rotatable bonds is 6. The van der Waals surface area contributed by atoms with E-state index in [2.05, 4.69) is 15.8 Å². The molecule has 1 heterocycles. The summed E-state index contributed by atoms with van der Waals surface area (Å²) in [5.41, 5.74) is 2.60. The number of thiophene rings is 1. The predicted octanol–water partition coefficient (Wildman–Crippen LogP) is 3.09. The third-order valence-corrected chi connectivity index (χ3v) is 3.78. The number of hydrazone groups is 1. The predicted molar refractivity (Wildman–Crippen MR) is 88.9 cm³/mol. The lowest BCUT2D eigenvalue weighted by atomic mass is 10.2. The van der Waals surface area contributed by atoms with Crippen LogP contribution in [-0.2, 0) is 16.0 Å². The van der Waals surface area contributed by atoms with Crippen molar-refractivity contribution >= 4 is 34.6 Å². The van der Waals surface area contributed by atoms with Crippen LogP contribution in [0.3, 0.4) is 0 Å². The second kappa shape index (κ2) is 8.30. The third-order valence-electron chi connectivity index (χ3n) is 2.91. The van der Waals surface area contributed by atoms with Gasteiger partial charge < -0.3 is 5.32 Å². The van der Waals surface area contributed by atoms with Crippen LogP contribution < -0.4 is 10.7 Å². The highest BCUT2D eigenvalue weighted by molar-refractivity contribution is 7.10. The van der Waals surface area contributed by atoms with Gasteiger partial charge in [-0.25, -0.2) is 14.2 Å². The molecule has 0 unspecified atom stereocenters. The van der Waals surface area contributed by atoms with E-state index in [4.69, 9.17) is 0 Å². The molecule has 0 bridgehead atoms. The number of hydrogen-bond donors (Lipinski definition) is 2. The zero-order valence-electron chi connectivity index (χ0n) is 12.8. The Morgan fingerprint density at radius 2 is 2.00 bits per heavy atom. The fraction of sp³-hybridized carbons (Fsp3) is 0.188. The average molecular weight is 351 g/mol. The van der Waals surface area contributed by atoms with Crippen LogP contribution in [0.5, 0.6) is 0 Å². The van der Waals surface area contributed by atoms with E-state index < -0.39 is 17.5 Å². The molecule has 0 saturated heterocycles.